The van der Waals surface area contributed by atoms with Gasteiger partial charge in [-0.05, 0) is 51.3 Å². The number of fused-ring (bicyclic) bond motifs is 1. The number of rotatable bonds is 5. The molecule has 1 N–H and O–H groups in total. The molecule has 0 radical (unpaired) electrons. The number of halogens is 1. The molecule has 1 saturated carbocycles. The van der Waals surface area contributed by atoms with Crippen molar-refractivity contribution in [1.29, 1.82) is 0 Å². The Hall–Kier alpha value is -1.42. The first-order valence-electron chi connectivity index (χ1n) is 7.02. The molecular formula is C15H20FN3. The number of nitrogens with one attached hydrogen (secondary N) is 1. The summed E-state index contributed by atoms with van der Waals surface area (Å²) in [5.74, 6) is 1.63. The second kappa shape index (κ2) is 4.93. The third kappa shape index (κ3) is 2.63. The van der Waals surface area contributed by atoms with Crippen LogP contribution in [0.25, 0.3) is 11.0 Å². The number of imidazole rings is 1. The normalized spacial score (nSPS) is 15.6. The molecule has 1 aromatic carbocycles. The molecule has 0 aliphatic heterocycles. The highest BCUT2D eigenvalue weighted by atomic mass is 19.1. The van der Waals surface area contributed by atoms with Crippen molar-refractivity contribution in [3.8, 4) is 0 Å². The summed E-state index contributed by atoms with van der Waals surface area (Å²) in [5, 5.41) is 3.46. The zero-order chi connectivity index (χ0) is 13.4. The fraction of sp³-hybridized carbons (Fsp3) is 0.533. The van der Waals surface area contributed by atoms with Gasteiger partial charge in [0.2, 0.25) is 0 Å². The fourth-order valence-electron chi connectivity index (χ4n) is 2.53. The molecule has 19 heavy (non-hydrogen) atoms. The second-order valence-corrected chi connectivity index (χ2v) is 5.70. The smallest absolute Gasteiger partial charge is 0.125 e. The van der Waals surface area contributed by atoms with Gasteiger partial charge in [-0.1, -0.05) is 0 Å². The van der Waals surface area contributed by atoms with Crippen LogP contribution in [0.1, 0.15) is 38.6 Å². The monoisotopic (exact) mass is 261 g/mol. The average molecular weight is 261 g/mol. The molecule has 1 aromatic heterocycles. The lowest BCUT2D eigenvalue weighted by molar-refractivity contribution is 0.545. The third-order valence-electron chi connectivity index (χ3n) is 3.65. The summed E-state index contributed by atoms with van der Waals surface area (Å²) in [4.78, 5) is 4.57. The summed E-state index contributed by atoms with van der Waals surface area (Å²) >= 11 is 0. The Kier molecular flexibility index (Phi) is 3.27. The maximum absolute atomic E-state index is 13.3. The predicted octanol–water partition coefficient (Wildman–Crippen LogP) is 3.26. The highest BCUT2D eigenvalue weighted by Gasteiger charge is 2.21. The van der Waals surface area contributed by atoms with E-state index in [0.29, 0.717) is 6.04 Å². The van der Waals surface area contributed by atoms with E-state index >= 15 is 0 Å². The van der Waals surface area contributed by atoms with Crippen LogP contribution in [0.4, 0.5) is 4.39 Å². The van der Waals surface area contributed by atoms with Gasteiger partial charge < -0.3 is 9.88 Å². The Balaban J connectivity index is 1.89. The van der Waals surface area contributed by atoms with E-state index in [4.69, 9.17) is 0 Å². The molecule has 0 saturated heterocycles. The van der Waals surface area contributed by atoms with Crippen LogP contribution in [-0.2, 0) is 6.54 Å². The van der Waals surface area contributed by atoms with Crippen LogP contribution in [0.3, 0.4) is 0 Å². The van der Waals surface area contributed by atoms with Crippen LogP contribution >= 0.6 is 0 Å². The fourth-order valence-corrected chi connectivity index (χ4v) is 2.53. The van der Waals surface area contributed by atoms with Gasteiger partial charge in [-0.2, -0.15) is 0 Å². The Morgan fingerprint density at radius 3 is 2.89 bits per heavy atom. The van der Waals surface area contributed by atoms with Gasteiger partial charge in [-0.25, -0.2) is 9.37 Å². The summed E-state index contributed by atoms with van der Waals surface area (Å²) in [6, 6.07) is 5.17. The van der Waals surface area contributed by atoms with Gasteiger partial charge in [0.15, 0.2) is 0 Å². The summed E-state index contributed by atoms with van der Waals surface area (Å²) in [5.41, 5.74) is 1.76. The van der Waals surface area contributed by atoms with E-state index in [-0.39, 0.29) is 5.82 Å². The van der Waals surface area contributed by atoms with Gasteiger partial charge in [0.05, 0.1) is 17.6 Å². The first kappa shape index (κ1) is 12.6. The number of hydrogen-bond acceptors (Lipinski definition) is 2. The van der Waals surface area contributed by atoms with E-state index in [1.165, 1.54) is 25.0 Å². The van der Waals surface area contributed by atoms with Crippen molar-refractivity contribution in [1.82, 2.24) is 14.9 Å². The summed E-state index contributed by atoms with van der Waals surface area (Å²) < 4.78 is 15.5. The topological polar surface area (TPSA) is 29.9 Å². The lowest BCUT2D eigenvalue weighted by Gasteiger charge is -2.13. The summed E-state index contributed by atoms with van der Waals surface area (Å²) in [7, 11) is 0. The SMILES string of the molecule is CC(C)n1c(CNCC2CC2)nc2cc(F)ccc21. The van der Waals surface area contributed by atoms with Crippen LogP contribution in [-0.4, -0.2) is 16.1 Å². The van der Waals surface area contributed by atoms with Gasteiger partial charge in [0.1, 0.15) is 11.6 Å². The van der Waals surface area contributed by atoms with Crippen molar-refractivity contribution in [2.45, 2.75) is 39.3 Å². The average Bonchev–Trinajstić information content (AvgIpc) is 3.09. The number of benzene rings is 1. The molecule has 4 heteroatoms. The van der Waals surface area contributed by atoms with Crippen molar-refractivity contribution in [3.05, 3.63) is 29.8 Å². The van der Waals surface area contributed by atoms with Crippen LogP contribution in [0, 0.1) is 11.7 Å². The Morgan fingerprint density at radius 2 is 2.21 bits per heavy atom. The van der Waals surface area contributed by atoms with E-state index in [0.717, 1.165) is 35.9 Å². The van der Waals surface area contributed by atoms with Crippen LogP contribution in [0.15, 0.2) is 18.2 Å². The zero-order valence-corrected chi connectivity index (χ0v) is 11.5. The molecule has 3 rings (SSSR count). The number of hydrogen-bond donors (Lipinski definition) is 1. The Labute approximate surface area is 112 Å². The lowest BCUT2D eigenvalue weighted by Crippen LogP contribution is -2.20. The minimum absolute atomic E-state index is 0.224. The predicted molar refractivity (Wildman–Crippen MR) is 74.5 cm³/mol. The molecule has 1 aliphatic rings. The standard InChI is InChI=1S/C15H20FN3/c1-10(2)19-14-6-5-12(16)7-13(14)18-15(19)9-17-8-11-3-4-11/h5-7,10-11,17H,3-4,8-9H2,1-2H3. The van der Waals surface area contributed by atoms with Crippen molar-refractivity contribution < 1.29 is 4.39 Å². The molecule has 2 aromatic rings. The van der Waals surface area contributed by atoms with Gasteiger partial charge in [-0.3, -0.25) is 0 Å². The van der Waals surface area contributed by atoms with Crippen LogP contribution < -0.4 is 5.32 Å². The highest BCUT2D eigenvalue weighted by Crippen LogP contribution is 2.28. The Morgan fingerprint density at radius 1 is 1.42 bits per heavy atom. The quantitative estimate of drug-likeness (QED) is 0.895. The van der Waals surface area contributed by atoms with Gasteiger partial charge in [0.25, 0.3) is 0 Å². The van der Waals surface area contributed by atoms with Gasteiger partial charge >= 0.3 is 0 Å². The van der Waals surface area contributed by atoms with Crippen molar-refractivity contribution >= 4 is 11.0 Å². The third-order valence-corrected chi connectivity index (χ3v) is 3.65. The van der Waals surface area contributed by atoms with E-state index in [1.54, 1.807) is 0 Å². The minimum atomic E-state index is -0.224. The molecule has 0 amide bonds. The Bertz CT molecular complexity index is 584. The van der Waals surface area contributed by atoms with E-state index in [9.17, 15) is 4.39 Å². The molecule has 1 heterocycles. The minimum Gasteiger partial charge on any atom is -0.324 e. The summed E-state index contributed by atoms with van der Waals surface area (Å²) in [6.07, 6.45) is 2.69. The number of nitrogens with zero attached hydrogens (tertiary/aromatic N) is 2. The molecule has 102 valence electrons. The maximum Gasteiger partial charge on any atom is 0.125 e. The largest absolute Gasteiger partial charge is 0.324 e. The first-order chi connectivity index (χ1) is 9.15. The molecular weight excluding hydrogens is 241 g/mol. The van der Waals surface area contributed by atoms with E-state index < -0.39 is 0 Å². The van der Waals surface area contributed by atoms with Crippen LogP contribution in [0.2, 0.25) is 0 Å². The molecule has 1 aliphatic carbocycles. The molecule has 0 atom stereocenters. The van der Waals surface area contributed by atoms with Gasteiger partial charge in [-0.15, -0.1) is 0 Å². The summed E-state index contributed by atoms with van der Waals surface area (Å²) in [6.45, 7) is 6.09. The highest BCUT2D eigenvalue weighted by molar-refractivity contribution is 5.76. The molecule has 3 nitrogen and oxygen atoms in total. The molecule has 0 unspecified atom stereocenters. The van der Waals surface area contributed by atoms with Crippen molar-refractivity contribution in [2.24, 2.45) is 5.92 Å². The maximum atomic E-state index is 13.3. The van der Waals surface area contributed by atoms with E-state index in [1.807, 2.05) is 6.07 Å². The molecule has 0 spiro atoms. The number of aromatic nitrogens is 2. The van der Waals surface area contributed by atoms with Crippen molar-refractivity contribution in [3.63, 3.8) is 0 Å². The molecule has 0 bridgehead atoms. The van der Waals surface area contributed by atoms with E-state index in [2.05, 4.69) is 28.7 Å². The van der Waals surface area contributed by atoms with Crippen LogP contribution in [0.5, 0.6) is 0 Å². The van der Waals surface area contributed by atoms with Crippen molar-refractivity contribution in [2.75, 3.05) is 6.54 Å². The first-order valence-corrected chi connectivity index (χ1v) is 7.02. The second-order valence-electron chi connectivity index (χ2n) is 5.70. The molecule has 1 fully saturated rings. The van der Waals surface area contributed by atoms with Gasteiger partial charge in [0, 0.05) is 12.1 Å². The zero-order valence-electron chi connectivity index (χ0n) is 11.5. The lowest BCUT2D eigenvalue weighted by atomic mass is 10.3.